The third kappa shape index (κ3) is 3.81. The van der Waals surface area contributed by atoms with Gasteiger partial charge in [0.05, 0.1) is 21.3 Å². The zero-order valence-corrected chi connectivity index (χ0v) is 17.0. The Morgan fingerprint density at radius 3 is 2.36 bits per heavy atom. The van der Waals surface area contributed by atoms with Crippen LogP contribution in [0.1, 0.15) is 5.56 Å². The summed E-state index contributed by atoms with van der Waals surface area (Å²) in [6.45, 7) is 0. The van der Waals surface area contributed by atoms with E-state index in [0.717, 1.165) is 0 Å². The molecule has 0 saturated carbocycles. The maximum Gasteiger partial charge on any atom is 0.210 e. The minimum Gasteiger partial charge on any atom is -0.493 e. The minimum atomic E-state index is -0.382. The lowest BCUT2D eigenvalue weighted by Crippen LogP contribution is -2.12. The predicted molar refractivity (Wildman–Crippen MR) is 106 cm³/mol. The Morgan fingerprint density at radius 1 is 1.11 bits per heavy atom. The van der Waals surface area contributed by atoms with Gasteiger partial charge in [0.25, 0.3) is 0 Å². The molecule has 2 aromatic carbocycles. The normalized spacial score (nSPS) is 10.8. The molecular weight excluding hydrogens is 407 g/mol. The molecule has 0 aliphatic heterocycles. The SMILES string of the molecule is COc1cc(-c2nnc(SCc3c(F)cccc3Cl)n2N)cc(OC)c1OC. The molecule has 1 heterocycles. The second-order valence-electron chi connectivity index (χ2n) is 5.58. The molecule has 0 fully saturated rings. The van der Waals surface area contributed by atoms with Gasteiger partial charge >= 0.3 is 0 Å². The van der Waals surface area contributed by atoms with E-state index >= 15 is 0 Å². The molecule has 0 spiro atoms. The van der Waals surface area contributed by atoms with E-state index in [4.69, 9.17) is 31.7 Å². The predicted octanol–water partition coefficient (Wildman–Crippen LogP) is 3.77. The van der Waals surface area contributed by atoms with E-state index in [1.54, 1.807) is 24.3 Å². The maximum atomic E-state index is 14.0. The third-order valence-corrected chi connectivity index (χ3v) is 5.32. The molecule has 0 unspecified atom stereocenters. The summed E-state index contributed by atoms with van der Waals surface area (Å²) in [4.78, 5) is 0. The summed E-state index contributed by atoms with van der Waals surface area (Å²) in [7, 11) is 4.56. The van der Waals surface area contributed by atoms with Crippen molar-refractivity contribution in [2.45, 2.75) is 10.9 Å². The third-order valence-electron chi connectivity index (χ3n) is 3.99. The van der Waals surface area contributed by atoms with E-state index < -0.39 is 0 Å². The van der Waals surface area contributed by atoms with E-state index in [0.29, 0.717) is 44.4 Å². The molecule has 148 valence electrons. The van der Waals surface area contributed by atoms with Crippen LogP contribution in [0.5, 0.6) is 17.2 Å². The molecule has 2 N–H and O–H groups in total. The molecular formula is C18H18ClFN4O3S. The van der Waals surface area contributed by atoms with Crippen LogP contribution >= 0.6 is 23.4 Å². The van der Waals surface area contributed by atoms with Gasteiger partial charge < -0.3 is 20.1 Å². The van der Waals surface area contributed by atoms with Gasteiger partial charge in [0.1, 0.15) is 5.82 Å². The fraction of sp³-hybridized carbons (Fsp3) is 0.222. The molecule has 0 aliphatic rings. The number of hydrogen-bond donors (Lipinski definition) is 1. The van der Waals surface area contributed by atoms with Gasteiger partial charge in [-0.15, -0.1) is 10.2 Å². The number of nitrogen functional groups attached to an aromatic ring is 1. The average molecular weight is 425 g/mol. The van der Waals surface area contributed by atoms with E-state index in [1.807, 2.05) is 0 Å². The van der Waals surface area contributed by atoms with Crippen LogP contribution in [0, 0.1) is 5.82 Å². The summed E-state index contributed by atoms with van der Waals surface area (Å²) in [5, 5.41) is 8.98. The molecule has 0 atom stereocenters. The Bertz CT molecular complexity index is 954. The molecule has 3 aromatic rings. The number of aromatic nitrogens is 3. The Labute approximate surface area is 170 Å². The first-order valence-corrected chi connectivity index (χ1v) is 9.43. The van der Waals surface area contributed by atoms with Crippen LogP contribution in [-0.4, -0.2) is 36.2 Å². The molecule has 7 nitrogen and oxygen atoms in total. The number of halogens is 2. The van der Waals surface area contributed by atoms with Crippen molar-refractivity contribution in [3.8, 4) is 28.6 Å². The highest BCUT2D eigenvalue weighted by Crippen LogP contribution is 2.41. The van der Waals surface area contributed by atoms with E-state index in [1.165, 1.54) is 43.8 Å². The number of hydrogen-bond acceptors (Lipinski definition) is 7. The van der Waals surface area contributed by atoms with Crippen LogP contribution in [0.25, 0.3) is 11.4 Å². The first kappa shape index (κ1) is 20.1. The largest absolute Gasteiger partial charge is 0.493 e. The topological polar surface area (TPSA) is 84.4 Å². The first-order valence-electron chi connectivity index (χ1n) is 8.06. The number of thioether (sulfide) groups is 1. The Morgan fingerprint density at radius 2 is 1.79 bits per heavy atom. The van der Waals surface area contributed by atoms with Gasteiger partial charge in [-0.3, -0.25) is 0 Å². The summed E-state index contributed by atoms with van der Waals surface area (Å²) >= 11 is 7.29. The van der Waals surface area contributed by atoms with Crippen molar-refractivity contribution in [2.24, 2.45) is 0 Å². The van der Waals surface area contributed by atoms with Crippen LogP contribution in [0.3, 0.4) is 0 Å². The van der Waals surface area contributed by atoms with Crippen LogP contribution in [0.2, 0.25) is 5.02 Å². The number of nitrogens with zero attached hydrogens (tertiary/aromatic N) is 3. The zero-order valence-electron chi connectivity index (χ0n) is 15.4. The van der Waals surface area contributed by atoms with Gasteiger partial charge in [0, 0.05) is 21.9 Å². The molecule has 0 radical (unpaired) electrons. The molecule has 10 heteroatoms. The van der Waals surface area contributed by atoms with Crippen molar-refractivity contribution in [2.75, 3.05) is 27.2 Å². The summed E-state index contributed by atoms with van der Waals surface area (Å²) in [6, 6.07) is 7.99. The van der Waals surface area contributed by atoms with Gasteiger partial charge in [0.15, 0.2) is 17.3 Å². The van der Waals surface area contributed by atoms with Crippen LogP contribution in [-0.2, 0) is 5.75 Å². The fourth-order valence-corrected chi connectivity index (χ4v) is 3.79. The molecule has 3 rings (SSSR count). The monoisotopic (exact) mass is 424 g/mol. The fourth-order valence-electron chi connectivity index (χ4n) is 2.59. The summed E-state index contributed by atoms with van der Waals surface area (Å²) in [5.74, 6) is 7.82. The number of rotatable bonds is 7. The lowest BCUT2D eigenvalue weighted by Gasteiger charge is -2.13. The highest BCUT2D eigenvalue weighted by Gasteiger charge is 2.19. The van der Waals surface area contributed by atoms with Crippen molar-refractivity contribution < 1.29 is 18.6 Å². The van der Waals surface area contributed by atoms with E-state index in [-0.39, 0.29) is 11.6 Å². The Balaban J connectivity index is 1.91. The molecule has 1 aromatic heterocycles. The molecule has 0 saturated heterocycles. The van der Waals surface area contributed by atoms with Crippen molar-refractivity contribution >= 4 is 23.4 Å². The summed E-state index contributed by atoms with van der Waals surface area (Å²) in [5.41, 5.74) is 1.01. The van der Waals surface area contributed by atoms with Crippen LogP contribution in [0.4, 0.5) is 4.39 Å². The van der Waals surface area contributed by atoms with Gasteiger partial charge in [-0.05, 0) is 24.3 Å². The van der Waals surface area contributed by atoms with Gasteiger partial charge in [0.2, 0.25) is 10.9 Å². The highest BCUT2D eigenvalue weighted by atomic mass is 35.5. The van der Waals surface area contributed by atoms with E-state index in [9.17, 15) is 4.39 Å². The smallest absolute Gasteiger partial charge is 0.210 e. The molecule has 0 aliphatic carbocycles. The van der Waals surface area contributed by atoms with Crippen molar-refractivity contribution in [1.82, 2.24) is 14.9 Å². The highest BCUT2D eigenvalue weighted by molar-refractivity contribution is 7.98. The van der Waals surface area contributed by atoms with Crippen molar-refractivity contribution in [3.05, 3.63) is 46.7 Å². The number of nitrogens with two attached hydrogens (primary N) is 1. The second-order valence-corrected chi connectivity index (χ2v) is 6.93. The Hall–Kier alpha value is -2.65. The van der Waals surface area contributed by atoms with Gasteiger partial charge in [-0.1, -0.05) is 29.4 Å². The quantitative estimate of drug-likeness (QED) is 0.456. The molecule has 0 amide bonds. The first-order chi connectivity index (χ1) is 13.5. The maximum absolute atomic E-state index is 14.0. The van der Waals surface area contributed by atoms with Gasteiger partial charge in [-0.2, -0.15) is 0 Å². The van der Waals surface area contributed by atoms with Crippen molar-refractivity contribution in [1.29, 1.82) is 0 Å². The van der Waals surface area contributed by atoms with E-state index in [2.05, 4.69) is 10.2 Å². The lowest BCUT2D eigenvalue weighted by molar-refractivity contribution is 0.324. The molecule has 28 heavy (non-hydrogen) atoms. The van der Waals surface area contributed by atoms with Gasteiger partial charge in [-0.25, -0.2) is 9.07 Å². The summed E-state index contributed by atoms with van der Waals surface area (Å²) < 4.78 is 31.3. The number of methoxy groups -OCH3 is 3. The van der Waals surface area contributed by atoms with Crippen molar-refractivity contribution in [3.63, 3.8) is 0 Å². The van der Waals surface area contributed by atoms with Crippen LogP contribution in [0.15, 0.2) is 35.5 Å². The Kier molecular flexibility index (Phi) is 6.15. The average Bonchev–Trinajstić information content (AvgIpc) is 3.06. The summed E-state index contributed by atoms with van der Waals surface area (Å²) in [6.07, 6.45) is 0. The molecule has 0 bridgehead atoms. The minimum absolute atomic E-state index is 0.260. The number of ether oxygens (including phenoxy) is 3. The second kappa shape index (κ2) is 8.57. The lowest BCUT2D eigenvalue weighted by atomic mass is 10.1. The van der Waals surface area contributed by atoms with Crippen LogP contribution < -0.4 is 20.1 Å². The number of benzene rings is 2. The standard InChI is InChI=1S/C18H18ClFN4O3S/c1-25-14-7-10(8-15(26-2)16(14)27-3)17-22-23-18(24(17)21)28-9-11-12(19)5-4-6-13(11)20/h4-8H,9,21H2,1-3H3. The zero-order chi connectivity index (χ0) is 20.3.